The maximum atomic E-state index is 11.8. The Bertz CT molecular complexity index is 740. The normalized spacial score (nSPS) is 10.3. The summed E-state index contributed by atoms with van der Waals surface area (Å²) in [4.78, 5) is 24.3. The van der Waals surface area contributed by atoms with E-state index in [1.807, 2.05) is 17.5 Å². The van der Waals surface area contributed by atoms with Crippen LogP contribution in [-0.2, 0) is 4.79 Å². The van der Waals surface area contributed by atoms with Crippen LogP contribution in [-0.4, -0.2) is 24.0 Å². The zero-order chi connectivity index (χ0) is 16.7. The van der Waals surface area contributed by atoms with E-state index in [0.29, 0.717) is 11.3 Å². The van der Waals surface area contributed by atoms with Crippen molar-refractivity contribution in [3.63, 3.8) is 0 Å². The molecule has 5 nitrogen and oxygen atoms in total. The fourth-order valence-corrected chi connectivity index (χ4v) is 2.58. The molecule has 0 saturated heterocycles. The summed E-state index contributed by atoms with van der Waals surface area (Å²) in [5, 5.41) is 10.1. The highest BCUT2D eigenvalue weighted by Gasteiger charge is 2.05. The highest BCUT2D eigenvalue weighted by Crippen LogP contribution is 2.11. The van der Waals surface area contributed by atoms with Gasteiger partial charge in [-0.05, 0) is 47.9 Å². The molecule has 118 valence electrons. The first kappa shape index (κ1) is 16.9. The molecular formula is C16H15N3O2S2. The van der Waals surface area contributed by atoms with Crippen LogP contribution in [0.3, 0.4) is 0 Å². The third-order valence-electron chi connectivity index (χ3n) is 2.79. The molecule has 1 heterocycles. The number of benzene rings is 1. The van der Waals surface area contributed by atoms with Crippen LogP contribution in [0, 0.1) is 0 Å². The van der Waals surface area contributed by atoms with E-state index in [0.717, 1.165) is 4.88 Å². The summed E-state index contributed by atoms with van der Waals surface area (Å²) in [6, 6.07) is 10.7. The Morgan fingerprint density at radius 1 is 1.22 bits per heavy atom. The zero-order valence-electron chi connectivity index (χ0n) is 12.3. The molecule has 0 fully saturated rings. The first-order chi connectivity index (χ1) is 11.1. The zero-order valence-corrected chi connectivity index (χ0v) is 14.0. The second-order valence-corrected chi connectivity index (χ2v) is 5.84. The molecule has 0 aliphatic carbocycles. The monoisotopic (exact) mass is 345 g/mol. The van der Waals surface area contributed by atoms with Crippen molar-refractivity contribution < 1.29 is 9.59 Å². The average Bonchev–Trinajstić information content (AvgIpc) is 3.05. The van der Waals surface area contributed by atoms with Crippen molar-refractivity contribution in [1.82, 2.24) is 10.6 Å². The number of hydrogen-bond acceptors (Lipinski definition) is 4. The lowest BCUT2D eigenvalue weighted by Crippen LogP contribution is -2.32. The lowest BCUT2D eigenvalue weighted by Gasteiger charge is -2.09. The predicted molar refractivity (Wildman–Crippen MR) is 97.5 cm³/mol. The number of thiocarbonyl (C=S) groups is 1. The molecule has 0 radical (unpaired) electrons. The maximum Gasteiger partial charge on any atom is 0.251 e. The van der Waals surface area contributed by atoms with E-state index in [2.05, 4.69) is 16.0 Å². The molecule has 23 heavy (non-hydrogen) atoms. The molecule has 0 saturated carbocycles. The molecule has 2 aromatic rings. The van der Waals surface area contributed by atoms with Gasteiger partial charge >= 0.3 is 0 Å². The largest absolute Gasteiger partial charge is 0.355 e. The molecule has 2 rings (SSSR count). The molecule has 1 aromatic carbocycles. The van der Waals surface area contributed by atoms with Gasteiger partial charge < -0.3 is 10.6 Å². The standard InChI is InChI=1S/C16H15N3O2S2/c1-17-15(21)11-4-2-5-12(10-11)18-16(22)19-14(20)8-7-13-6-3-9-23-13/h2-10H,1H3,(H,17,21)(H2,18,19,20,22)/b8-7+. The summed E-state index contributed by atoms with van der Waals surface area (Å²) in [5.74, 6) is -0.513. The van der Waals surface area contributed by atoms with E-state index < -0.39 is 0 Å². The van der Waals surface area contributed by atoms with Crippen molar-refractivity contribution in [2.45, 2.75) is 0 Å². The van der Waals surface area contributed by atoms with Gasteiger partial charge in [0, 0.05) is 29.3 Å². The molecule has 3 N–H and O–H groups in total. The third-order valence-corrected chi connectivity index (χ3v) is 3.83. The SMILES string of the molecule is CNC(=O)c1cccc(NC(=S)NC(=O)/C=C/c2cccs2)c1. The number of carbonyl (C=O) groups is 2. The van der Waals surface area contributed by atoms with E-state index in [-0.39, 0.29) is 16.9 Å². The van der Waals surface area contributed by atoms with Gasteiger partial charge in [0.15, 0.2) is 5.11 Å². The van der Waals surface area contributed by atoms with Gasteiger partial charge in [-0.25, -0.2) is 0 Å². The molecule has 0 aliphatic rings. The van der Waals surface area contributed by atoms with Crippen molar-refractivity contribution >= 4 is 52.2 Å². The number of nitrogens with one attached hydrogen (secondary N) is 3. The molecule has 0 unspecified atom stereocenters. The van der Waals surface area contributed by atoms with Crippen molar-refractivity contribution in [3.05, 3.63) is 58.3 Å². The Kier molecular flexibility index (Phi) is 6.02. The van der Waals surface area contributed by atoms with E-state index in [4.69, 9.17) is 12.2 Å². The topological polar surface area (TPSA) is 70.2 Å². The van der Waals surface area contributed by atoms with Crippen LogP contribution in [0.25, 0.3) is 6.08 Å². The molecule has 7 heteroatoms. The van der Waals surface area contributed by atoms with Crippen LogP contribution in [0.2, 0.25) is 0 Å². The summed E-state index contributed by atoms with van der Waals surface area (Å²) in [5.41, 5.74) is 1.13. The van der Waals surface area contributed by atoms with Crippen LogP contribution < -0.4 is 16.0 Å². The smallest absolute Gasteiger partial charge is 0.251 e. The van der Waals surface area contributed by atoms with E-state index in [1.54, 1.807) is 37.4 Å². The van der Waals surface area contributed by atoms with Gasteiger partial charge in [-0.1, -0.05) is 12.1 Å². The molecule has 0 spiro atoms. The maximum absolute atomic E-state index is 11.8. The third kappa shape index (κ3) is 5.32. The van der Waals surface area contributed by atoms with Gasteiger partial charge in [0.25, 0.3) is 5.91 Å². The van der Waals surface area contributed by atoms with Gasteiger partial charge in [-0.15, -0.1) is 11.3 Å². The molecule has 0 aliphatic heterocycles. The first-order valence-electron chi connectivity index (χ1n) is 6.74. The summed E-state index contributed by atoms with van der Waals surface area (Å²) in [6.45, 7) is 0. The molecule has 0 bridgehead atoms. The highest BCUT2D eigenvalue weighted by molar-refractivity contribution is 7.80. The summed E-state index contributed by atoms with van der Waals surface area (Å²) in [7, 11) is 1.56. The summed E-state index contributed by atoms with van der Waals surface area (Å²) in [6.07, 6.45) is 3.13. The van der Waals surface area contributed by atoms with Crippen LogP contribution in [0.1, 0.15) is 15.2 Å². The number of carbonyl (C=O) groups excluding carboxylic acids is 2. The second-order valence-electron chi connectivity index (χ2n) is 4.45. The van der Waals surface area contributed by atoms with Crippen LogP contribution in [0.4, 0.5) is 5.69 Å². The lowest BCUT2D eigenvalue weighted by atomic mass is 10.2. The Morgan fingerprint density at radius 2 is 2.04 bits per heavy atom. The number of rotatable bonds is 4. The summed E-state index contributed by atoms with van der Waals surface area (Å²) >= 11 is 6.63. The summed E-state index contributed by atoms with van der Waals surface area (Å²) < 4.78 is 0. The number of hydrogen-bond donors (Lipinski definition) is 3. The second kappa shape index (κ2) is 8.21. The quantitative estimate of drug-likeness (QED) is 0.588. The van der Waals surface area contributed by atoms with Gasteiger partial charge in [0.2, 0.25) is 5.91 Å². The van der Waals surface area contributed by atoms with E-state index in [1.165, 1.54) is 17.4 Å². The van der Waals surface area contributed by atoms with Crippen molar-refractivity contribution in [1.29, 1.82) is 0 Å². The minimum absolute atomic E-state index is 0.167. The number of amides is 2. The van der Waals surface area contributed by atoms with Gasteiger partial charge in [-0.2, -0.15) is 0 Å². The fraction of sp³-hybridized carbons (Fsp3) is 0.0625. The minimum Gasteiger partial charge on any atom is -0.355 e. The first-order valence-corrected chi connectivity index (χ1v) is 8.03. The predicted octanol–water partition coefficient (Wildman–Crippen LogP) is 2.63. The van der Waals surface area contributed by atoms with Gasteiger partial charge in [0.05, 0.1) is 0 Å². The molecule has 0 atom stereocenters. The van der Waals surface area contributed by atoms with Crippen LogP contribution >= 0.6 is 23.6 Å². The Labute approximate surface area is 143 Å². The molecule has 1 aromatic heterocycles. The highest BCUT2D eigenvalue weighted by atomic mass is 32.1. The van der Waals surface area contributed by atoms with Crippen molar-refractivity contribution in [2.75, 3.05) is 12.4 Å². The lowest BCUT2D eigenvalue weighted by molar-refractivity contribution is -0.115. The Morgan fingerprint density at radius 3 is 2.74 bits per heavy atom. The van der Waals surface area contributed by atoms with Crippen LogP contribution in [0.5, 0.6) is 0 Å². The van der Waals surface area contributed by atoms with Gasteiger partial charge in [0.1, 0.15) is 0 Å². The average molecular weight is 345 g/mol. The van der Waals surface area contributed by atoms with Crippen molar-refractivity contribution in [2.24, 2.45) is 0 Å². The fourth-order valence-electron chi connectivity index (χ4n) is 1.74. The Hall–Kier alpha value is -2.51. The van der Waals surface area contributed by atoms with Crippen molar-refractivity contribution in [3.8, 4) is 0 Å². The molecule has 2 amide bonds. The number of thiophene rings is 1. The van der Waals surface area contributed by atoms with Crippen LogP contribution in [0.15, 0.2) is 47.9 Å². The van der Waals surface area contributed by atoms with Gasteiger partial charge in [-0.3, -0.25) is 14.9 Å². The Balaban J connectivity index is 1.91. The van der Waals surface area contributed by atoms with E-state index >= 15 is 0 Å². The number of anilines is 1. The van der Waals surface area contributed by atoms with E-state index in [9.17, 15) is 9.59 Å². The molecular weight excluding hydrogens is 330 g/mol. The minimum atomic E-state index is -0.321.